The number of benzene rings is 2. The van der Waals surface area contributed by atoms with E-state index in [0.717, 1.165) is 5.56 Å². The Hall–Kier alpha value is -2.21. The first-order chi connectivity index (χ1) is 12.1. The predicted molar refractivity (Wildman–Crippen MR) is 91.8 cm³/mol. The summed E-state index contributed by atoms with van der Waals surface area (Å²) in [6.45, 7) is 2.15. The average molecular weight is 342 g/mol. The number of ether oxygens (including phenoxy) is 3. The summed E-state index contributed by atoms with van der Waals surface area (Å²) in [5.74, 6) is -0.425. The highest BCUT2D eigenvalue weighted by atomic mass is 16.6. The Balaban J connectivity index is 1.68. The van der Waals surface area contributed by atoms with Crippen molar-refractivity contribution < 1.29 is 24.1 Å². The molecule has 0 radical (unpaired) electrons. The first-order valence-electron chi connectivity index (χ1n) is 8.38. The van der Waals surface area contributed by atoms with Gasteiger partial charge in [0.2, 0.25) is 0 Å². The normalized spacial score (nSPS) is 26.2. The molecule has 0 saturated carbocycles. The molecule has 1 aliphatic rings. The summed E-state index contributed by atoms with van der Waals surface area (Å²) in [6.07, 6.45) is -2.16. The predicted octanol–water partition coefficient (Wildman–Crippen LogP) is 2.92. The molecule has 25 heavy (non-hydrogen) atoms. The van der Waals surface area contributed by atoms with Gasteiger partial charge in [0.05, 0.1) is 18.3 Å². The second-order valence-corrected chi connectivity index (χ2v) is 6.10. The highest BCUT2D eigenvalue weighted by Gasteiger charge is 2.39. The lowest BCUT2D eigenvalue weighted by Crippen LogP contribution is -2.50. The maximum Gasteiger partial charge on any atom is 0.338 e. The second-order valence-electron chi connectivity index (χ2n) is 6.10. The maximum absolute atomic E-state index is 12.4. The van der Waals surface area contributed by atoms with Gasteiger partial charge in [0.15, 0.2) is 12.4 Å². The van der Waals surface area contributed by atoms with E-state index in [4.69, 9.17) is 14.2 Å². The van der Waals surface area contributed by atoms with Gasteiger partial charge in [0.1, 0.15) is 6.10 Å². The molecule has 0 amide bonds. The molecule has 0 aromatic heterocycles. The lowest BCUT2D eigenvalue weighted by Gasteiger charge is -2.38. The van der Waals surface area contributed by atoms with E-state index >= 15 is 0 Å². The molecule has 3 rings (SSSR count). The SMILES string of the molecule is C[C@H]1O[C@H](O)C[C@@H](OCc2ccccc2)[C@@H]1OC(=O)c1ccccc1. The standard InChI is InChI=1S/C20H22O5/c1-14-19(25-20(22)16-10-6-3-7-11-16)17(12-18(21)24-14)23-13-15-8-4-2-5-9-15/h2-11,14,17-19,21H,12-13H2,1H3/t14-,17-,18+,19-/m1/s1. The molecule has 4 atom stereocenters. The molecule has 0 bridgehead atoms. The molecule has 5 heteroatoms. The Morgan fingerprint density at radius 3 is 2.44 bits per heavy atom. The third-order valence-corrected chi connectivity index (χ3v) is 4.19. The van der Waals surface area contributed by atoms with E-state index in [2.05, 4.69) is 0 Å². The molecule has 5 nitrogen and oxygen atoms in total. The molecule has 0 spiro atoms. The van der Waals surface area contributed by atoms with E-state index in [1.807, 2.05) is 36.4 Å². The van der Waals surface area contributed by atoms with Crippen molar-refractivity contribution in [1.82, 2.24) is 0 Å². The van der Waals surface area contributed by atoms with Crippen molar-refractivity contribution in [3.8, 4) is 0 Å². The highest BCUT2D eigenvalue weighted by Crippen LogP contribution is 2.26. The number of carbonyl (C=O) groups is 1. The van der Waals surface area contributed by atoms with Crippen molar-refractivity contribution in [3.05, 3.63) is 71.8 Å². The molecule has 0 unspecified atom stereocenters. The minimum absolute atomic E-state index is 0.254. The number of hydrogen-bond donors (Lipinski definition) is 1. The van der Waals surface area contributed by atoms with Crippen LogP contribution >= 0.6 is 0 Å². The van der Waals surface area contributed by atoms with Crippen LogP contribution in [0.15, 0.2) is 60.7 Å². The van der Waals surface area contributed by atoms with Crippen LogP contribution in [0.3, 0.4) is 0 Å². The Morgan fingerprint density at radius 2 is 1.76 bits per heavy atom. The van der Waals surface area contributed by atoms with E-state index in [-0.39, 0.29) is 6.42 Å². The monoisotopic (exact) mass is 342 g/mol. The number of rotatable bonds is 5. The zero-order valence-electron chi connectivity index (χ0n) is 14.1. The molecule has 1 N–H and O–H groups in total. The minimum Gasteiger partial charge on any atom is -0.453 e. The van der Waals surface area contributed by atoms with Crippen molar-refractivity contribution in [2.45, 2.75) is 44.6 Å². The van der Waals surface area contributed by atoms with Crippen LogP contribution in [0.1, 0.15) is 29.3 Å². The summed E-state index contributed by atoms with van der Waals surface area (Å²) >= 11 is 0. The molecule has 2 aromatic carbocycles. The van der Waals surface area contributed by atoms with E-state index in [9.17, 15) is 9.90 Å². The summed E-state index contributed by atoms with van der Waals surface area (Å²) in [5.41, 5.74) is 1.49. The first kappa shape index (κ1) is 17.6. The van der Waals surface area contributed by atoms with E-state index in [1.165, 1.54) is 0 Å². The van der Waals surface area contributed by atoms with Crippen LogP contribution in [0.5, 0.6) is 0 Å². The van der Waals surface area contributed by atoms with Crippen molar-refractivity contribution in [3.63, 3.8) is 0 Å². The maximum atomic E-state index is 12.4. The van der Waals surface area contributed by atoms with Crippen molar-refractivity contribution in [2.75, 3.05) is 0 Å². The molecule has 1 saturated heterocycles. The fourth-order valence-corrected chi connectivity index (χ4v) is 2.89. The van der Waals surface area contributed by atoms with Gasteiger partial charge in [0, 0.05) is 6.42 Å². The number of esters is 1. The summed E-state index contributed by atoms with van der Waals surface area (Å²) in [6, 6.07) is 18.5. The van der Waals surface area contributed by atoms with Gasteiger partial charge >= 0.3 is 5.97 Å². The van der Waals surface area contributed by atoms with Crippen LogP contribution in [-0.4, -0.2) is 35.7 Å². The number of aliphatic hydroxyl groups is 1. The largest absolute Gasteiger partial charge is 0.453 e. The van der Waals surface area contributed by atoms with Gasteiger partial charge in [-0.25, -0.2) is 4.79 Å². The van der Waals surface area contributed by atoms with Crippen molar-refractivity contribution >= 4 is 5.97 Å². The van der Waals surface area contributed by atoms with Crippen molar-refractivity contribution in [1.29, 1.82) is 0 Å². The molecule has 1 aliphatic heterocycles. The lowest BCUT2D eigenvalue weighted by molar-refractivity contribution is -0.237. The molecule has 0 aliphatic carbocycles. The van der Waals surface area contributed by atoms with E-state index in [1.54, 1.807) is 31.2 Å². The fourth-order valence-electron chi connectivity index (χ4n) is 2.89. The summed E-state index contributed by atoms with van der Waals surface area (Å²) in [7, 11) is 0. The van der Waals surface area contributed by atoms with Gasteiger partial charge in [-0.3, -0.25) is 0 Å². The second kappa shape index (κ2) is 8.25. The zero-order chi connectivity index (χ0) is 17.6. The Morgan fingerprint density at radius 1 is 1.12 bits per heavy atom. The summed E-state index contributed by atoms with van der Waals surface area (Å²) < 4.78 is 17.0. The quantitative estimate of drug-likeness (QED) is 0.847. The van der Waals surface area contributed by atoms with E-state index in [0.29, 0.717) is 12.2 Å². The smallest absolute Gasteiger partial charge is 0.338 e. The van der Waals surface area contributed by atoms with Crippen LogP contribution in [0, 0.1) is 0 Å². The molecule has 132 valence electrons. The molecular weight excluding hydrogens is 320 g/mol. The average Bonchev–Trinajstić information content (AvgIpc) is 2.64. The molecular formula is C20H22O5. The Bertz CT molecular complexity index is 673. The van der Waals surface area contributed by atoms with Crippen LogP contribution in [0.25, 0.3) is 0 Å². The van der Waals surface area contributed by atoms with Gasteiger partial charge < -0.3 is 19.3 Å². The number of carbonyl (C=O) groups excluding carboxylic acids is 1. The van der Waals surface area contributed by atoms with E-state index < -0.39 is 30.6 Å². The van der Waals surface area contributed by atoms with Gasteiger partial charge in [-0.15, -0.1) is 0 Å². The third-order valence-electron chi connectivity index (χ3n) is 4.19. The fraction of sp³-hybridized carbons (Fsp3) is 0.350. The Kier molecular flexibility index (Phi) is 5.81. The van der Waals surface area contributed by atoms with Gasteiger partial charge in [-0.05, 0) is 24.6 Å². The summed E-state index contributed by atoms with van der Waals surface area (Å²) in [5, 5.41) is 9.87. The van der Waals surface area contributed by atoms with Gasteiger partial charge in [-0.1, -0.05) is 48.5 Å². The highest BCUT2D eigenvalue weighted by molar-refractivity contribution is 5.89. The minimum atomic E-state index is -0.928. The van der Waals surface area contributed by atoms with Crippen molar-refractivity contribution in [2.24, 2.45) is 0 Å². The third kappa shape index (κ3) is 4.66. The van der Waals surface area contributed by atoms with Crippen LogP contribution in [0.2, 0.25) is 0 Å². The molecule has 1 fully saturated rings. The zero-order valence-corrected chi connectivity index (χ0v) is 14.1. The lowest BCUT2D eigenvalue weighted by atomic mass is 10.0. The summed E-state index contributed by atoms with van der Waals surface area (Å²) in [4.78, 5) is 12.4. The number of aliphatic hydroxyl groups excluding tert-OH is 1. The Labute approximate surface area is 147 Å². The van der Waals surface area contributed by atoms with Crippen LogP contribution in [-0.2, 0) is 20.8 Å². The molecule has 2 aromatic rings. The van der Waals surface area contributed by atoms with Gasteiger partial charge in [-0.2, -0.15) is 0 Å². The number of hydrogen-bond acceptors (Lipinski definition) is 5. The first-order valence-corrected chi connectivity index (χ1v) is 8.38. The van der Waals surface area contributed by atoms with Gasteiger partial charge in [0.25, 0.3) is 0 Å². The molecule has 1 heterocycles. The van der Waals surface area contributed by atoms with Crippen LogP contribution < -0.4 is 0 Å². The topological polar surface area (TPSA) is 65.0 Å². The van der Waals surface area contributed by atoms with Crippen LogP contribution in [0.4, 0.5) is 0 Å².